The normalized spacial score (nSPS) is 11.2. The van der Waals surface area contributed by atoms with Crippen LogP contribution < -0.4 is 5.32 Å². The Balaban J connectivity index is 1.48. The van der Waals surface area contributed by atoms with Gasteiger partial charge in [0.25, 0.3) is 0 Å². The van der Waals surface area contributed by atoms with Gasteiger partial charge in [-0.05, 0) is 66.2 Å². The molecule has 0 aliphatic rings. The van der Waals surface area contributed by atoms with Gasteiger partial charge < -0.3 is 10.5 Å². The van der Waals surface area contributed by atoms with Gasteiger partial charge in [-0.2, -0.15) is 4.73 Å². The number of amides is 1. The molecule has 0 saturated heterocycles. The fraction of sp³-hybridized carbons (Fsp3) is 0. The first kappa shape index (κ1) is 18.7. The van der Waals surface area contributed by atoms with Crippen LogP contribution in [0.4, 0.5) is 10.1 Å². The van der Waals surface area contributed by atoms with E-state index in [0.717, 1.165) is 10.3 Å². The van der Waals surface area contributed by atoms with Crippen LogP contribution in [0.25, 0.3) is 28.5 Å². The zero-order valence-electron chi connectivity index (χ0n) is 15.0. The summed E-state index contributed by atoms with van der Waals surface area (Å²) < 4.78 is 13.9. The van der Waals surface area contributed by atoms with Crippen molar-refractivity contribution in [3.63, 3.8) is 0 Å². The third kappa shape index (κ3) is 4.12. The van der Waals surface area contributed by atoms with Gasteiger partial charge in [-0.1, -0.05) is 23.7 Å². The largest absolute Gasteiger partial charge is 0.426 e. The molecule has 0 bridgehead atoms. The van der Waals surface area contributed by atoms with E-state index < -0.39 is 0 Å². The van der Waals surface area contributed by atoms with Crippen LogP contribution >= 0.6 is 11.6 Å². The van der Waals surface area contributed by atoms with Crippen LogP contribution in [0.2, 0.25) is 5.02 Å². The Kier molecular flexibility index (Phi) is 5.01. The number of benzene rings is 3. The molecule has 1 amide bonds. The fourth-order valence-electron chi connectivity index (χ4n) is 2.86. The number of nitrogens with zero attached hydrogens (tertiary/aromatic N) is 2. The SMILES string of the molecule is O=C(/C=C/c1ccc(F)cc1)Nc1ccc(-c2nc3ccc(Cl)cc3n2O)cc1. The molecule has 0 fully saturated rings. The summed E-state index contributed by atoms with van der Waals surface area (Å²) in [6.07, 6.45) is 2.97. The molecule has 144 valence electrons. The third-order valence-corrected chi connectivity index (χ3v) is 4.54. The molecule has 0 atom stereocenters. The average Bonchev–Trinajstić information content (AvgIpc) is 3.04. The molecule has 4 aromatic rings. The fourth-order valence-corrected chi connectivity index (χ4v) is 3.02. The van der Waals surface area contributed by atoms with Crippen molar-refractivity contribution in [2.24, 2.45) is 0 Å². The van der Waals surface area contributed by atoms with Crippen LogP contribution in [0, 0.1) is 5.82 Å². The standard InChI is InChI=1S/C22H15ClFN3O2/c23-16-6-11-19-20(13-16)27(29)22(26-19)15-4-9-18(10-5-15)25-21(28)12-3-14-1-7-17(24)8-2-14/h1-13,29H,(H,25,28)/b12-3+. The Morgan fingerprint density at radius 3 is 2.52 bits per heavy atom. The minimum atomic E-state index is -0.328. The number of imidazole rings is 1. The molecular weight excluding hydrogens is 393 g/mol. The van der Waals surface area contributed by atoms with Gasteiger partial charge in [-0.15, -0.1) is 0 Å². The third-order valence-electron chi connectivity index (χ3n) is 4.30. The van der Waals surface area contributed by atoms with E-state index in [9.17, 15) is 14.4 Å². The molecule has 0 radical (unpaired) electrons. The van der Waals surface area contributed by atoms with E-state index in [1.807, 2.05) is 0 Å². The lowest BCUT2D eigenvalue weighted by Crippen LogP contribution is -2.07. The summed E-state index contributed by atoms with van der Waals surface area (Å²) in [7, 11) is 0. The summed E-state index contributed by atoms with van der Waals surface area (Å²) >= 11 is 5.97. The summed E-state index contributed by atoms with van der Waals surface area (Å²) in [5.41, 5.74) is 3.12. The molecule has 29 heavy (non-hydrogen) atoms. The van der Waals surface area contributed by atoms with Crippen LogP contribution in [-0.4, -0.2) is 20.8 Å². The first-order chi connectivity index (χ1) is 14.0. The van der Waals surface area contributed by atoms with Crippen molar-refractivity contribution in [1.82, 2.24) is 9.71 Å². The maximum absolute atomic E-state index is 12.9. The van der Waals surface area contributed by atoms with Crippen molar-refractivity contribution in [1.29, 1.82) is 0 Å². The summed E-state index contributed by atoms with van der Waals surface area (Å²) in [4.78, 5) is 16.5. The van der Waals surface area contributed by atoms with Crippen molar-refractivity contribution in [2.75, 3.05) is 5.32 Å². The minimum absolute atomic E-state index is 0.314. The second kappa shape index (κ2) is 7.77. The number of rotatable bonds is 4. The van der Waals surface area contributed by atoms with Gasteiger partial charge in [0.2, 0.25) is 5.91 Å². The minimum Gasteiger partial charge on any atom is -0.426 e. The van der Waals surface area contributed by atoms with Gasteiger partial charge in [0, 0.05) is 22.3 Å². The predicted molar refractivity (Wildman–Crippen MR) is 111 cm³/mol. The Morgan fingerprint density at radius 1 is 1.07 bits per heavy atom. The Morgan fingerprint density at radius 2 is 1.79 bits per heavy atom. The number of anilines is 1. The molecule has 4 rings (SSSR count). The molecule has 7 heteroatoms. The molecular formula is C22H15ClFN3O2. The van der Waals surface area contributed by atoms with Crippen LogP contribution in [-0.2, 0) is 4.79 Å². The summed E-state index contributed by atoms with van der Waals surface area (Å²) in [6, 6.07) is 17.8. The smallest absolute Gasteiger partial charge is 0.248 e. The van der Waals surface area contributed by atoms with E-state index >= 15 is 0 Å². The highest BCUT2D eigenvalue weighted by Crippen LogP contribution is 2.26. The van der Waals surface area contributed by atoms with Crippen molar-refractivity contribution >= 4 is 40.3 Å². The number of halogens is 2. The van der Waals surface area contributed by atoms with Crippen LogP contribution in [0.3, 0.4) is 0 Å². The number of carbonyl (C=O) groups is 1. The van der Waals surface area contributed by atoms with E-state index in [1.165, 1.54) is 18.2 Å². The van der Waals surface area contributed by atoms with Gasteiger partial charge in [0.05, 0.1) is 5.52 Å². The highest BCUT2D eigenvalue weighted by Gasteiger charge is 2.12. The van der Waals surface area contributed by atoms with Crippen molar-refractivity contribution in [3.05, 3.63) is 89.2 Å². The van der Waals surface area contributed by atoms with Gasteiger partial charge in [0.1, 0.15) is 11.3 Å². The lowest BCUT2D eigenvalue weighted by atomic mass is 10.2. The summed E-state index contributed by atoms with van der Waals surface area (Å²) in [6.45, 7) is 0. The van der Waals surface area contributed by atoms with Crippen LogP contribution in [0.5, 0.6) is 0 Å². The first-order valence-corrected chi connectivity index (χ1v) is 9.10. The molecule has 0 unspecified atom stereocenters. The van der Waals surface area contributed by atoms with Crippen molar-refractivity contribution in [3.8, 4) is 11.4 Å². The zero-order valence-corrected chi connectivity index (χ0v) is 15.8. The van der Waals surface area contributed by atoms with Crippen molar-refractivity contribution < 1.29 is 14.4 Å². The van der Waals surface area contributed by atoms with E-state index in [0.29, 0.717) is 33.1 Å². The number of fused-ring (bicyclic) bond motifs is 1. The molecule has 0 saturated carbocycles. The second-order valence-electron chi connectivity index (χ2n) is 6.33. The molecule has 1 heterocycles. The van der Waals surface area contributed by atoms with Crippen molar-refractivity contribution in [2.45, 2.75) is 0 Å². The van der Waals surface area contributed by atoms with Crippen LogP contribution in [0.1, 0.15) is 5.56 Å². The van der Waals surface area contributed by atoms with Gasteiger partial charge in [-0.3, -0.25) is 4.79 Å². The molecule has 1 aromatic heterocycles. The first-order valence-electron chi connectivity index (χ1n) is 8.72. The maximum atomic E-state index is 12.9. The Labute approximate surface area is 170 Å². The van der Waals surface area contributed by atoms with Gasteiger partial charge in [-0.25, -0.2) is 9.37 Å². The lowest BCUT2D eigenvalue weighted by Gasteiger charge is -2.05. The topological polar surface area (TPSA) is 67.2 Å². The van der Waals surface area contributed by atoms with Crippen LogP contribution in [0.15, 0.2) is 72.8 Å². The van der Waals surface area contributed by atoms with Gasteiger partial charge >= 0.3 is 0 Å². The molecule has 0 aliphatic heterocycles. The van der Waals surface area contributed by atoms with E-state index in [1.54, 1.807) is 60.7 Å². The van der Waals surface area contributed by atoms with Gasteiger partial charge in [0.15, 0.2) is 5.82 Å². The summed E-state index contributed by atoms with van der Waals surface area (Å²) in [5, 5.41) is 13.6. The second-order valence-corrected chi connectivity index (χ2v) is 6.77. The predicted octanol–water partition coefficient (Wildman–Crippen LogP) is 5.39. The molecule has 3 aromatic carbocycles. The average molecular weight is 408 g/mol. The quantitative estimate of drug-likeness (QED) is 0.352. The maximum Gasteiger partial charge on any atom is 0.248 e. The molecule has 5 nitrogen and oxygen atoms in total. The van der Waals surface area contributed by atoms with E-state index in [-0.39, 0.29) is 11.7 Å². The Bertz CT molecular complexity index is 1220. The number of nitrogens with one attached hydrogen (secondary N) is 1. The molecule has 0 spiro atoms. The number of aromatic nitrogens is 2. The van der Waals surface area contributed by atoms with E-state index in [2.05, 4.69) is 10.3 Å². The Hall–Kier alpha value is -3.64. The number of hydrogen-bond donors (Lipinski definition) is 2. The highest BCUT2D eigenvalue weighted by atomic mass is 35.5. The zero-order chi connectivity index (χ0) is 20.4. The number of carbonyl (C=O) groups excluding carboxylic acids is 1. The molecule has 0 aliphatic carbocycles. The van der Waals surface area contributed by atoms with E-state index in [4.69, 9.17) is 11.6 Å². The lowest BCUT2D eigenvalue weighted by molar-refractivity contribution is -0.111. The highest BCUT2D eigenvalue weighted by molar-refractivity contribution is 6.31. The monoisotopic (exact) mass is 407 g/mol. The molecule has 2 N–H and O–H groups in total. The number of hydrogen-bond acceptors (Lipinski definition) is 3. The summed E-state index contributed by atoms with van der Waals surface area (Å²) in [5.74, 6) is -0.270.